The third-order valence-electron chi connectivity index (χ3n) is 2.62. The van der Waals surface area contributed by atoms with Crippen molar-refractivity contribution in [1.29, 1.82) is 5.26 Å². The van der Waals surface area contributed by atoms with Crippen LogP contribution in [0.4, 0.5) is 5.69 Å². The minimum atomic E-state index is 0.360. The summed E-state index contributed by atoms with van der Waals surface area (Å²) in [6.07, 6.45) is 1.96. The molecule has 1 rings (SSSR count). The minimum absolute atomic E-state index is 0.360. The van der Waals surface area contributed by atoms with Crippen LogP contribution >= 0.6 is 11.6 Å². The first-order valence-electron chi connectivity index (χ1n) is 5.66. The summed E-state index contributed by atoms with van der Waals surface area (Å²) in [6.45, 7) is 2.86. The fourth-order valence-corrected chi connectivity index (χ4v) is 1.79. The summed E-state index contributed by atoms with van der Waals surface area (Å²) < 4.78 is 5.06. The molecule has 1 atom stereocenters. The molecule has 92 valence electrons. The van der Waals surface area contributed by atoms with Crippen LogP contribution in [-0.2, 0) is 4.74 Å². The number of anilines is 1. The first-order chi connectivity index (χ1) is 8.21. The Bertz CT molecular complexity index is 401. The number of nitriles is 1. The van der Waals surface area contributed by atoms with E-state index in [-0.39, 0.29) is 0 Å². The fraction of sp³-hybridized carbons (Fsp3) is 0.462. The van der Waals surface area contributed by atoms with E-state index in [1.165, 1.54) is 0 Å². The van der Waals surface area contributed by atoms with E-state index < -0.39 is 0 Å². The Morgan fingerprint density at radius 2 is 2.29 bits per heavy atom. The van der Waals surface area contributed by atoms with Crippen molar-refractivity contribution < 1.29 is 4.74 Å². The highest BCUT2D eigenvalue weighted by atomic mass is 35.5. The molecule has 0 amide bonds. The predicted octanol–water partition coefficient (Wildman–Crippen LogP) is 3.44. The van der Waals surface area contributed by atoms with Crippen molar-refractivity contribution in [2.24, 2.45) is 0 Å². The van der Waals surface area contributed by atoms with Gasteiger partial charge in [0.05, 0.1) is 10.6 Å². The largest absolute Gasteiger partial charge is 0.385 e. The van der Waals surface area contributed by atoms with E-state index in [1.54, 1.807) is 19.2 Å². The van der Waals surface area contributed by atoms with Gasteiger partial charge in [-0.05, 0) is 31.0 Å². The normalized spacial score (nSPS) is 11.9. The molecule has 1 N–H and O–H groups in total. The predicted molar refractivity (Wildman–Crippen MR) is 70.4 cm³/mol. The van der Waals surface area contributed by atoms with Gasteiger partial charge in [0.15, 0.2) is 0 Å². The Hall–Kier alpha value is -1.24. The number of halogens is 1. The molecule has 0 heterocycles. The molecule has 0 saturated heterocycles. The van der Waals surface area contributed by atoms with Crippen LogP contribution < -0.4 is 5.32 Å². The van der Waals surface area contributed by atoms with Crippen molar-refractivity contribution in [3.05, 3.63) is 28.8 Å². The molecule has 4 heteroatoms. The quantitative estimate of drug-likeness (QED) is 0.844. The Labute approximate surface area is 107 Å². The molecule has 0 fully saturated rings. The maximum Gasteiger partial charge on any atom is 0.101 e. The Kier molecular flexibility index (Phi) is 5.82. The molecular weight excluding hydrogens is 236 g/mol. The van der Waals surface area contributed by atoms with Crippen LogP contribution in [0.3, 0.4) is 0 Å². The molecule has 0 aliphatic heterocycles. The van der Waals surface area contributed by atoms with Crippen LogP contribution in [0.1, 0.15) is 25.3 Å². The van der Waals surface area contributed by atoms with E-state index in [2.05, 4.69) is 12.2 Å². The van der Waals surface area contributed by atoms with Gasteiger partial charge in [-0.2, -0.15) is 5.26 Å². The van der Waals surface area contributed by atoms with Crippen molar-refractivity contribution in [1.82, 2.24) is 0 Å². The fourth-order valence-electron chi connectivity index (χ4n) is 1.57. The van der Waals surface area contributed by atoms with Crippen LogP contribution in [0.2, 0.25) is 5.02 Å². The minimum Gasteiger partial charge on any atom is -0.385 e. The molecule has 17 heavy (non-hydrogen) atoms. The lowest BCUT2D eigenvalue weighted by atomic mass is 10.1. The molecular formula is C13H17ClN2O. The number of ether oxygens (including phenoxy) is 1. The maximum atomic E-state index is 8.78. The van der Waals surface area contributed by atoms with E-state index in [4.69, 9.17) is 21.6 Å². The number of hydrogen-bond acceptors (Lipinski definition) is 3. The second kappa shape index (κ2) is 7.16. The topological polar surface area (TPSA) is 45.0 Å². The number of nitrogens with zero attached hydrogens (tertiary/aromatic N) is 1. The van der Waals surface area contributed by atoms with Crippen molar-refractivity contribution in [2.75, 3.05) is 19.0 Å². The third-order valence-corrected chi connectivity index (χ3v) is 2.94. The van der Waals surface area contributed by atoms with Gasteiger partial charge in [-0.25, -0.2) is 0 Å². The summed E-state index contributed by atoms with van der Waals surface area (Å²) in [5.41, 5.74) is 1.44. The highest BCUT2D eigenvalue weighted by molar-refractivity contribution is 6.32. The van der Waals surface area contributed by atoms with Gasteiger partial charge in [0.1, 0.15) is 6.07 Å². The standard InChI is InChI=1S/C13H17ClN2O/c1-3-11(6-7-17-2)16-12-5-4-10(9-15)13(14)8-12/h4-5,8,11,16H,3,6-7H2,1-2H3. The zero-order valence-corrected chi connectivity index (χ0v) is 10.9. The molecule has 0 bridgehead atoms. The van der Waals surface area contributed by atoms with E-state index in [9.17, 15) is 0 Å². The SMILES string of the molecule is CCC(CCOC)Nc1ccc(C#N)c(Cl)c1. The lowest BCUT2D eigenvalue weighted by Crippen LogP contribution is -2.20. The van der Waals surface area contributed by atoms with Gasteiger partial charge >= 0.3 is 0 Å². The van der Waals surface area contributed by atoms with Crippen LogP contribution in [0.15, 0.2) is 18.2 Å². The monoisotopic (exact) mass is 252 g/mol. The van der Waals surface area contributed by atoms with E-state index in [0.29, 0.717) is 16.6 Å². The molecule has 1 unspecified atom stereocenters. The first kappa shape index (κ1) is 13.8. The second-order valence-corrected chi connectivity index (χ2v) is 4.24. The number of hydrogen-bond donors (Lipinski definition) is 1. The average Bonchev–Trinajstić information content (AvgIpc) is 2.34. The van der Waals surface area contributed by atoms with Gasteiger partial charge in [0, 0.05) is 25.4 Å². The molecule has 0 radical (unpaired) electrons. The average molecular weight is 253 g/mol. The highest BCUT2D eigenvalue weighted by Gasteiger charge is 2.07. The first-order valence-corrected chi connectivity index (χ1v) is 6.04. The number of nitrogens with one attached hydrogen (secondary N) is 1. The summed E-state index contributed by atoms with van der Waals surface area (Å²) in [4.78, 5) is 0. The zero-order chi connectivity index (χ0) is 12.7. The molecule has 3 nitrogen and oxygen atoms in total. The highest BCUT2D eigenvalue weighted by Crippen LogP contribution is 2.21. The zero-order valence-electron chi connectivity index (χ0n) is 10.2. The Morgan fingerprint density at radius 3 is 2.82 bits per heavy atom. The lowest BCUT2D eigenvalue weighted by Gasteiger charge is -2.18. The van der Waals surface area contributed by atoms with Gasteiger partial charge < -0.3 is 10.1 Å². The number of methoxy groups -OCH3 is 1. The molecule has 0 spiro atoms. The molecule has 1 aromatic carbocycles. The van der Waals surface area contributed by atoms with Gasteiger partial charge in [-0.1, -0.05) is 18.5 Å². The third kappa shape index (κ3) is 4.26. The van der Waals surface area contributed by atoms with Gasteiger partial charge in [-0.3, -0.25) is 0 Å². The summed E-state index contributed by atoms with van der Waals surface area (Å²) in [5.74, 6) is 0. The number of rotatable bonds is 6. The summed E-state index contributed by atoms with van der Waals surface area (Å²) in [5, 5.41) is 12.6. The van der Waals surface area contributed by atoms with Crippen molar-refractivity contribution in [2.45, 2.75) is 25.8 Å². The van der Waals surface area contributed by atoms with Crippen LogP contribution in [0.5, 0.6) is 0 Å². The number of benzene rings is 1. The van der Waals surface area contributed by atoms with Crippen molar-refractivity contribution in [3.8, 4) is 6.07 Å². The van der Waals surface area contributed by atoms with Crippen LogP contribution in [0.25, 0.3) is 0 Å². The van der Waals surface area contributed by atoms with Crippen molar-refractivity contribution >= 4 is 17.3 Å². The molecule has 0 saturated carbocycles. The van der Waals surface area contributed by atoms with Crippen LogP contribution in [-0.4, -0.2) is 19.8 Å². The molecule has 1 aromatic rings. The van der Waals surface area contributed by atoms with Crippen molar-refractivity contribution in [3.63, 3.8) is 0 Å². The van der Waals surface area contributed by atoms with Gasteiger partial charge in [0.2, 0.25) is 0 Å². The second-order valence-electron chi connectivity index (χ2n) is 3.84. The molecule has 0 aliphatic rings. The smallest absolute Gasteiger partial charge is 0.101 e. The molecule has 0 aromatic heterocycles. The van der Waals surface area contributed by atoms with Gasteiger partial charge in [0.25, 0.3) is 0 Å². The van der Waals surface area contributed by atoms with Gasteiger partial charge in [-0.15, -0.1) is 0 Å². The van der Waals surface area contributed by atoms with E-state index in [1.807, 2.05) is 12.1 Å². The Balaban J connectivity index is 2.67. The maximum absolute atomic E-state index is 8.78. The summed E-state index contributed by atoms with van der Waals surface area (Å²) >= 11 is 5.97. The lowest BCUT2D eigenvalue weighted by molar-refractivity contribution is 0.189. The molecule has 0 aliphatic carbocycles. The summed E-state index contributed by atoms with van der Waals surface area (Å²) in [6, 6.07) is 7.80. The van der Waals surface area contributed by atoms with E-state index >= 15 is 0 Å². The Morgan fingerprint density at radius 1 is 1.53 bits per heavy atom. The van der Waals surface area contributed by atoms with Crippen LogP contribution in [0, 0.1) is 11.3 Å². The summed E-state index contributed by atoms with van der Waals surface area (Å²) in [7, 11) is 1.70. The van der Waals surface area contributed by atoms with E-state index in [0.717, 1.165) is 25.1 Å².